The third-order valence-electron chi connectivity index (χ3n) is 7.37. The van der Waals surface area contributed by atoms with Crippen molar-refractivity contribution in [1.82, 2.24) is 0 Å². The van der Waals surface area contributed by atoms with E-state index in [2.05, 4.69) is 33.0 Å². The minimum atomic E-state index is -0.469. The van der Waals surface area contributed by atoms with Crippen LogP contribution in [0.3, 0.4) is 0 Å². The van der Waals surface area contributed by atoms with Crippen LogP contribution in [0, 0.1) is 10.8 Å². The molecule has 2 aromatic rings. The third-order valence-corrected chi connectivity index (χ3v) is 8.11. The molecule has 1 amide bonds. The van der Waals surface area contributed by atoms with E-state index in [4.69, 9.17) is 32.7 Å². The molecule has 0 saturated carbocycles. The van der Waals surface area contributed by atoms with Crippen LogP contribution < -0.4 is 10.1 Å². The molecule has 0 saturated heterocycles. The van der Waals surface area contributed by atoms with Crippen LogP contribution in [-0.4, -0.2) is 24.1 Å². The lowest BCUT2D eigenvalue weighted by Gasteiger charge is -2.42. The fourth-order valence-corrected chi connectivity index (χ4v) is 5.98. The smallest absolute Gasteiger partial charge is 0.262 e. The molecule has 0 aromatic heterocycles. The van der Waals surface area contributed by atoms with Crippen molar-refractivity contribution < 1.29 is 23.9 Å². The molecule has 3 aliphatic rings. The van der Waals surface area contributed by atoms with Crippen molar-refractivity contribution in [3.63, 3.8) is 0 Å². The zero-order chi connectivity index (χ0) is 28.1. The van der Waals surface area contributed by atoms with E-state index in [1.54, 1.807) is 30.3 Å². The second kappa shape index (κ2) is 10.1. The molecule has 1 aliphatic heterocycles. The molecule has 2 aliphatic carbocycles. The first-order chi connectivity index (χ1) is 18.3. The third kappa shape index (κ3) is 5.78. The maximum atomic E-state index is 13.4. The number of anilines is 1. The highest BCUT2D eigenvalue weighted by Crippen LogP contribution is 2.53. The van der Waals surface area contributed by atoms with Crippen LogP contribution in [0.2, 0.25) is 10.0 Å². The summed E-state index contributed by atoms with van der Waals surface area (Å²) in [5, 5.41) is 3.47. The number of ketones is 2. The van der Waals surface area contributed by atoms with Gasteiger partial charge in [0.2, 0.25) is 0 Å². The highest BCUT2D eigenvalue weighted by molar-refractivity contribution is 6.42. The van der Waals surface area contributed by atoms with E-state index < -0.39 is 5.92 Å². The number of hydrogen-bond donors (Lipinski definition) is 1. The molecule has 2 aromatic carbocycles. The number of Topliss-reactive ketones (excluding diaryl/α,β-unsaturated/α-hetero) is 2. The molecule has 0 atom stereocenters. The molecule has 1 heterocycles. The van der Waals surface area contributed by atoms with E-state index in [1.165, 1.54) is 0 Å². The van der Waals surface area contributed by atoms with Crippen molar-refractivity contribution in [3.05, 3.63) is 80.7 Å². The van der Waals surface area contributed by atoms with Crippen molar-refractivity contribution in [2.75, 3.05) is 11.9 Å². The zero-order valence-corrected chi connectivity index (χ0v) is 24.0. The SMILES string of the molecule is CC1(C)CC(=O)C2=C(C1)OC1=C(C(=O)CC(C)(C)C1)C2c1ccc(OCC(=O)Nc2ccc(Cl)c(Cl)c2)cc1. The molecule has 8 heteroatoms. The Morgan fingerprint density at radius 2 is 1.44 bits per heavy atom. The number of amides is 1. The fraction of sp³-hybridized carbons (Fsp3) is 0.387. The average molecular weight is 568 g/mol. The van der Waals surface area contributed by atoms with E-state index in [9.17, 15) is 14.4 Å². The summed E-state index contributed by atoms with van der Waals surface area (Å²) in [6, 6.07) is 12.1. The molecule has 0 radical (unpaired) electrons. The fourth-order valence-electron chi connectivity index (χ4n) is 5.68. The van der Waals surface area contributed by atoms with E-state index >= 15 is 0 Å². The van der Waals surface area contributed by atoms with E-state index in [1.807, 2.05) is 12.1 Å². The second-order valence-corrected chi connectivity index (χ2v) is 12.9. The lowest BCUT2D eigenvalue weighted by molar-refractivity contribution is -0.120. The van der Waals surface area contributed by atoms with Crippen LogP contribution in [-0.2, 0) is 19.1 Å². The molecule has 0 spiro atoms. The van der Waals surface area contributed by atoms with Gasteiger partial charge in [0, 0.05) is 48.4 Å². The molecule has 5 rings (SSSR count). The van der Waals surface area contributed by atoms with E-state index in [-0.39, 0.29) is 34.9 Å². The normalized spacial score (nSPS) is 20.3. The Bertz CT molecular complexity index is 1380. The van der Waals surface area contributed by atoms with Gasteiger partial charge in [-0.05, 0) is 46.7 Å². The molecule has 0 bridgehead atoms. The van der Waals surface area contributed by atoms with Crippen LogP contribution >= 0.6 is 23.2 Å². The Kier molecular flexibility index (Phi) is 7.15. The maximum absolute atomic E-state index is 13.4. The quantitative estimate of drug-likeness (QED) is 0.406. The van der Waals surface area contributed by atoms with E-state index in [0.29, 0.717) is 69.8 Å². The summed E-state index contributed by atoms with van der Waals surface area (Å²) in [7, 11) is 0. The van der Waals surface area contributed by atoms with Gasteiger partial charge in [-0.15, -0.1) is 0 Å². The van der Waals surface area contributed by atoms with Crippen LogP contribution in [0.15, 0.2) is 65.1 Å². The zero-order valence-electron chi connectivity index (χ0n) is 22.5. The Hall–Kier alpha value is -3.09. The number of benzene rings is 2. The van der Waals surface area contributed by atoms with Crippen molar-refractivity contribution in [2.45, 2.75) is 59.3 Å². The predicted octanol–water partition coefficient (Wildman–Crippen LogP) is 7.41. The highest BCUT2D eigenvalue weighted by Gasteiger charge is 2.47. The first-order valence-corrected chi connectivity index (χ1v) is 13.8. The molecular weight excluding hydrogens is 537 g/mol. The molecule has 1 N–H and O–H groups in total. The number of carbonyl (C=O) groups is 3. The van der Waals surface area contributed by atoms with Gasteiger partial charge in [0.25, 0.3) is 5.91 Å². The summed E-state index contributed by atoms with van der Waals surface area (Å²) in [4.78, 5) is 39.2. The molecule has 6 nitrogen and oxygen atoms in total. The predicted molar refractivity (Wildman–Crippen MR) is 151 cm³/mol. The minimum absolute atomic E-state index is 0.0229. The van der Waals surface area contributed by atoms with Crippen molar-refractivity contribution in [2.24, 2.45) is 10.8 Å². The van der Waals surface area contributed by atoms with Crippen LogP contribution in [0.4, 0.5) is 5.69 Å². The van der Waals surface area contributed by atoms with Gasteiger partial charge in [0.15, 0.2) is 18.2 Å². The minimum Gasteiger partial charge on any atom is -0.484 e. The van der Waals surface area contributed by atoms with Crippen molar-refractivity contribution in [3.8, 4) is 5.75 Å². The summed E-state index contributed by atoms with van der Waals surface area (Å²) in [6.45, 7) is 8.06. The van der Waals surface area contributed by atoms with Gasteiger partial charge < -0.3 is 14.8 Å². The standard InChI is InChI=1S/C31H31Cl2NO5/c1-30(2)12-22(35)28-24(14-30)39-25-15-31(3,4)13-23(36)29(25)27(28)17-5-8-19(9-6-17)38-16-26(37)34-18-7-10-20(32)21(33)11-18/h5-11,27H,12-16H2,1-4H3,(H,34,37). The molecule has 0 unspecified atom stereocenters. The molecule has 204 valence electrons. The van der Waals surface area contributed by atoms with Gasteiger partial charge in [-0.1, -0.05) is 63.0 Å². The van der Waals surface area contributed by atoms with Gasteiger partial charge in [-0.25, -0.2) is 0 Å². The number of rotatable bonds is 5. The van der Waals surface area contributed by atoms with Crippen LogP contribution in [0.25, 0.3) is 0 Å². The first-order valence-electron chi connectivity index (χ1n) is 13.0. The molecular formula is C31H31Cl2NO5. The number of allylic oxidation sites excluding steroid dienone is 4. The first kappa shape index (κ1) is 27.5. The highest BCUT2D eigenvalue weighted by atomic mass is 35.5. The van der Waals surface area contributed by atoms with Crippen LogP contribution in [0.5, 0.6) is 5.75 Å². The Balaban J connectivity index is 1.38. The summed E-state index contributed by atoms with van der Waals surface area (Å²) in [6.07, 6.45) is 2.10. The Labute approximate surface area is 238 Å². The summed E-state index contributed by atoms with van der Waals surface area (Å²) in [5.41, 5.74) is 2.12. The average Bonchev–Trinajstić information content (AvgIpc) is 2.82. The Morgan fingerprint density at radius 1 is 0.872 bits per heavy atom. The van der Waals surface area contributed by atoms with Gasteiger partial charge in [-0.3, -0.25) is 14.4 Å². The lowest BCUT2D eigenvalue weighted by Crippen LogP contribution is -2.37. The second-order valence-electron chi connectivity index (χ2n) is 12.1. The van der Waals surface area contributed by atoms with Crippen LogP contribution in [0.1, 0.15) is 64.9 Å². The van der Waals surface area contributed by atoms with Gasteiger partial charge in [0.05, 0.1) is 10.0 Å². The topological polar surface area (TPSA) is 81.7 Å². The largest absolute Gasteiger partial charge is 0.484 e. The number of hydrogen-bond acceptors (Lipinski definition) is 5. The van der Waals surface area contributed by atoms with Gasteiger partial charge >= 0.3 is 0 Å². The number of carbonyl (C=O) groups excluding carboxylic acids is 3. The number of ether oxygens (including phenoxy) is 2. The maximum Gasteiger partial charge on any atom is 0.262 e. The van der Waals surface area contributed by atoms with E-state index in [0.717, 1.165) is 5.56 Å². The molecule has 39 heavy (non-hydrogen) atoms. The van der Waals surface area contributed by atoms with Crippen molar-refractivity contribution in [1.29, 1.82) is 0 Å². The summed E-state index contributed by atoms with van der Waals surface area (Å²) in [5.74, 6) is 1.09. The summed E-state index contributed by atoms with van der Waals surface area (Å²) >= 11 is 11.9. The number of halogens is 2. The Morgan fingerprint density at radius 3 is 1.97 bits per heavy atom. The lowest BCUT2D eigenvalue weighted by atomic mass is 9.65. The van der Waals surface area contributed by atoms with Gasteiger partial charge in [-0.2, -0.15) is 0 Å². The monoisotopic (exact) mass is 567 g/mol. The van der Waals surface area contributed by atoms with Gasteiger partial charge in [0.1, 0.15) is 17.3 Å². The number of nitrogens with one attached hydrogen (secondary N) is 1. The summed E-state index contributed by atoms with van der Waals surface area (Å²) < 4.78 is 12.0. The molecule has 0 fully saturated rings. The van der Waals surface area contributed by atoms with Crippen molar-refractivity contribution >= 4 is 46.4 Å².